The summed E-state index contributed by atoms with van der Waals surface area (Å²) in [6.45, 7) is 2.53. The van der Waals surface area contributed by atoms with Gasteiger partial charge in [-0.2, -0.15) is 5.10 Å². The minimum Gasteiger partial charge on any atom is -0.396 e. The molecule has 2 amide bonds. The Labute approximate surface area is 141 Å². The highest BCUT2D eigenvalue weighted by Gasteiger charge is 2.23. The molecular weight excluding hydrogens is 306 g/mol. The van der Waals surface area contributed by atoms with E-state index in [0.717, 1.165) is 30.1 Å². The van der Waals surface area contributed by atoms with Crippen LogP contribution in [0.1, 0.15) is 36.1 Å². The van der Waals surface area contributed by atoms with Crippen LogP contribution in [-0.2, 0) is 13.0 Å². The van der Waals surface area contributed by atoms with Crippen LogP contribution in [0, 0.1) is 6.92 Å². The molecule has 24 heavy (non-hydrogen) atoms. The first kappa shape index (κ1) is 16.4. The summed E-state index contributed by atoms with van der Waals surface area (Å²) in [4.78, 5) is 16.7. The molecule has 1 aromatic carbocycles. The molecule has 3 rings (SSSR count). The molecule has 7 heteroatoms. The summed E-state index contributed by atoms with van der Waals surface area (Å²) in [7, 11) is 0. The zero-order valence-electron chi connectivity index (χ0n) is 13.8. The van der Waals surface area contributed by atoms with Crippen LogP contribution in [0.3, 0.4) is 0 Å². The Kier molecular flexibility index (Phi) is 5.10. The van der Waals surface area contributed by atoms with Gasteiger partial charge in [0.05, 0.1) is 18.6 Å². The van der Waals surface area contributed by atoms with Gasteiger partial charge in [-0.1, -0.05) is 30.3 Å². The van der Waals surface area contributed by atoms with Crippen molar-refractivity contribution in [1.82, 2.24) is 25.4 Å². The van der Waals surface area contributed by atoms with E-state index < -0.39 is 0 Å². The normalized spacial score (nSPS) is 17.8. The lowest BCUT2D eigenvalue weighted by molar-refractivity contribution is 0.221. The molecule has 0 spiro atoms. The van der Waals surface area contributed by atoms with Crippen LogP contribution in [0.5, 0.6) is 0 Å². The van der Waals surface area contributed by atoms with Crippen molar-refractivity contribution in [3.63, 3.8) is 0 Å². The molecule has 7 nitrogen and oxygen atoms in total. The number of aliphatic hydroxyl groups is 1. The van der Waals surface area contributed by atoms with E-state index in [-0.39, 0.29) is 24.7 Å². The Hall–Kier alpha value is -2.41. The minimum absolute atomic E-state index is 0.0187. The van der Waals surface area contributed by atoms with E-state index in [1.54, 1.807) is 0 Å². The first-order chi connectivity index (χ1) is 11.7. The summed E-state index contributed by atoms with van der Waals surface area (Å²) < 4.78 is 1.87. The zero-order valence-corrected chi connectivity index (χ0v) is 13.8. The molecule has 1 aromatic heterocycles. The largest absolute Gasteiger partial charge is 0.396 e. The van der Waals surface area contributed by atoms with Gasteiger partial charge >= 0.3 is 6.03 Å². The Morgan fingerprint density at radius 3 is 2.96 bits per heavy atom. The third-order valence-corrected chi connectivity index (χ3v) is 4.22. The van der Waals surface area contributed by atoms with Crippen molar-refractivity contribution >= 4 is 6.03 Å². The number of aryl methyl sites for hydroxylation is 2. The van der Waals surface area contributed by atoms with Gasteiger partial charge in [0.1, 0.15) is 11.6 Å². The first-order valence-electron chi connectivity index (χ1n) is 8.29. The molecule has 0 saturated carbocycles. The Bertz CT molecular complexity index is 686. The average Bonchev–Trinajstić information content (AvgIpc) is 2.94. The predicted molar refractivity (Wildman–Crippen MR) is 89.4 cm³/mol. The van der Waals surface area contributed by atoms with Gasteiger partial charge in [-0.3, -0.25) is 0 Å². The van der Waals surface area contributed by atoms with Gasteiger partial charge < -0.3 is 15.7 Å². The number of carbonyl (C=O) groups is 1. The van der Waals surface area contributed by atoms with Gasteiger partial charge in [-0.15, -0.1) is 0 Å². The van der Waals surface area contributed by atoms with Crippen LogP contribution in [0.4, 0.5) is 4.79 Å². The fraction of sp³-hybridized carbons (Fsp3) is 0.471. The van der Waals surface area contributed by atoms with Crippen LogP contribution in [0.15, 0.2) is 30.3 Å². The number of urea groups is 1. The maximum atomic E-state index is 12.3. The van der Waals surface area contributed by atoms with Crippen molar-refractivity contribution in [2.45, 2.75) is 44.8 Å². The quantitative estimate of drug-likeness (QED) is 0.771. The molecule has 1 aliphatic heterocycles. The monoisotopic (exact) mass is 329 g/mol. The molecule has 3 N–H and O–H groups in total. The van der Waals surface area contributed by atoms with E-state index in [9.17, 15) is 9.90 Å². The molecule has 1 aliphatic rings. The Morgan fingerprint density at radius 2 is 2.21 bits per heavy atom. The molecule has 128 valence electrons. The highest BCUT2D eigenvalue weighted by molar-refractivity contribution is 5.74. The molecule has 0 fully saturated rings. The molecule has 0 bridgehead atoms. The number of aliphatic hydroxyl groups excluding tert-OH is 1. The smallest absolute Gasteiger partial charge is 0.315 e. The molecule has 0 radical (unpaired) electrons. The van der Waals surface area contributed by atoms with Crippen LogP contribution in [-0.4, -0.2) is 38.6 Å². The zero-order chi connectivity index (χ0) is 16.9. The highest BCUT2D eigenvalue weighted by Crippen LogP contribution is 2.16. The maximum Gasteiger partial charge on any atom is 0.315 e. The number of rotatable bonds is 5. The molecule has 2 aromatic rings. The fourth-order valence-corrected chi connectivity index (χ4v) is 3.07. The van der Waals surface area contributed by atoms with Gasteiger partial charge in [0.2, 0.25) is 0 Å². The third-order valence-electron chi connectivity index (χ3n) is 4.22. The number of hydrogen-bond donors (Lipinski definition) is 3. The molecular formula is C17H23N5O2. The summed E-state index contributed by atoms with van der Waals surface area (Å²) in [6, 6.07) is 9.29. The lowest BCUT2D eigenvalue weighted by atomic mass is 10.0. The van der Waals surface area contributed by atoms with Gasteiger partial charge in [-0.25, -0.2) is 14.5 Å². The maximum absolute atomic E-state index is 12.3. The highest BCUT2D eigenvalue weighted by atomic mass is 16.3. The van der Waals surface area contributed by atoms with Crippen LogP contribution in [0.2, 0.25) is 0 Å². The Morgan fingerprint density at radius 1 is 1.42 bits per heavy atom. The molecule has 0 saturated heterocycles. The average molecular weight is 329 g/mol. The van der Waals surface area contributed by atoms with Gasteiger partial charge in [0.15, 0.2) is 0 Å². The van der Waals surface area contributed by atoms with Crippen LogP contribution < -0.4 is 10.6 Å². The number of hydrogen-bond acceptors (Lipinski definition) is 4. The van der Waals surface area contributed by atoms with Gasteiger partial charge in [0.25, 0.3) is 0 Å². The number of amides is 2. The number of nitrogens with one attached hydrogen (secondary N) is 2. The van der Waals surface area contributed by atoms with E-state index in [1.165, 1.54) is 0 Å². The van der Waals surface area contributed by atoms with Crippen molar-refractivity contribution in [2.75, 3.05) is 6.61 Å². The van der Waals surface area contributed by atoms with E-state index >= 15 is 0 Å². The second-order valence-corrected chi connectivity index (χ2v) is 6.09. The minimum atomic E-state index is -0.220. The third kappa shape index (κ3) is 3.91. The van der Waals surface area contributed by atoms with Crippen molar-refractivity contribution in [3.05, 3.63) is 47.5 Å². The van der Waals surface area contributed by atoms with Gasteiger partial charge in [0, 0.05) is 13.0 Å². The fourth-order valence-electron chi connectivity index (χ4n) is 3.07. The lowest BCUT2D eigenvalue weighted by Gasteiger charge is -2.25. The second-order valence-electron chi connectivity index (χ2n) is 6.09. The molecule has 0 aliphatic carbocycles. The summed E-state index contributed by atoms with van der Waals surface area (Å²) >= 11 is 0. The van der Waals surface area contributed by atoms with Crippen LogP contribution >= 0.6 is 0 Å². The first-order valence-corrected chi connectivity index (χ1v) is 8.29. The topological polar surface area (TPSA) is 92.1 Å². The summed E-state index contributed by atoms with van der Waals surface area (Å²) in [5.74, 6) is 1.75. The molecule has 2 atom stereocenters. The number of carbonyl (C=O) groups excluding carboxylic acids is 1. The number of nitrogens with zero attached hydrogens (tertiary/aromatic N) is 3. The van der Waals surface area contributed by atoms with Crippen molar-refractivity contribution in [2.24, 2.45) is 0 Å². The predicted octanol–water partition coefficient (Wildman–Crippen LogP) is 1.32. The van der Waals surface area contributed by atoms with Crippen LogP contribution in [0.25, 0.3) is 0 Å². The summed E-state index contributed by atoms with van der Waals surface area (Å²) in [5, 5.41) is 19.6. The number of fused-ring (bicyclic) bond motifs is 1. The van der Waals surface area contributed by atoms with E-state index in [0.29, 0.717) is 13.0 Å². The molecule has 1 unspecified atom stereocenters. The Balaban J connectivity index is 1.58. The van der Waals surface area contributed by atoms with E-state index in [4.69, 9.17) is 0 Å². The standard InChI is InChI=1S/C17H23N5O2/c1-12-18-16-8-7-14(11-22(16)21-12)19-17(24)20-15(9-10-23)13-5-3-2-4-6-13/h2-6,14-15,23H,7-11H2,1H3,(H2,19,20,24)/t14?,15-/m1/s1. The van der Waals surface area contributed by atoms with Crippen molar-refractivity contribution < 1.29 is 9.90 Å². The van der Waals surface area contributed by atoms with Crippen molar-refractivity contribution in [1.29, 1.82) is 0 Å². The lowest BCUT2D eigenvalue weighted by Crippen LogP contribution is -2.47. The van der Waals surface area contributed by atoms with E-state index in [2.05, 4.69) is 20.7 Å². The summed E-state index contributed by atoms with van der Waals surface area (Å²) in [5.41, 5.74) is 0.986. The van der Waals surface area contributed by atoms with E-state index in [1.807, 2.05) is 41.9 Å². The van der Waals surface area contributed by atoms with Gasteiger partial charge in [-0.05, 0) is 25.3 Å². The molecule has 2 heterocycles. The second kappa shape index (κ2) is 7.44. The van der Waals surface area contributed by atoms with Crippen molar-refractivity contribution in [3.8, 4) is 0 Å². The number of benzene rings is 1. The number of aromatic nitrogens is 3. The summed E-state index contributed by atoms with van der Waals surface area (Å²) in [6.07, 6.45) is 2.14. The SMILES string of the molecule is Cc1nc2n(n1)CC(NC(=O)N[C@H](CCO)c1ccccc1)CC2.